The highest BCUT2D eigenvalue weighted by atomic mass is 16.5. The molecular weight excluding hydrogens is 244 g/mol. The predicted molar refractivity (Wildman–Crippen MR) is 70.6 cm³/mol. The highest BCUT2D eigenvalue weighted by Gasteiger charge is 2.32. The Morgan fingerprint density at radius 3 is 2.84 bits per heavy atom. The summed E-state index contributed by atoms with van der Waals surface area (Å²) >= 11 is 0. The smallest absolute Gasteiger partial charge is 0.243 e. The molecule has 0 radical (unpaired) electrons. The van der Waals surface area contributed by atoms with Crippen molar-refractivity contribution in [3.8, 4) is 5.75 Å². The van der Waals surface area contributed by atoms with Crippen LogP contribution < -0.4 is 10.1 Å². The lowest BCUT2D eigenvalue weighted by Gasteiger charge is -2.19. The van der Waals surface area contributed by atoms with E-state index in [4.69, 9.17) is 4.74 Å². The molecule has 1 fully saturated rings. The van der Waals surface area contributed by atoms with Gasteiger partial charge < -0.3 is 15.0 Å². The molecular formula is C14H18N2O3. The molecule has 0 spiro atoms. The quantitative estimate of drug-likeness (QED) is 0.878. The van der Waals surface area contributed by atoms with Crippen molar-refractivity contribution < 1.29 is 14.3 Å². The van der Waals surface area contributed by atoms with Gasteiger partial charge in [0.15, 0.2) is 0 Å². The number of benzene rings is 1. The monoisotopic (exact) mass is 262 g/mol. The second-order valence-corrected chi connectivity index (χ2v) is 4.59. The fraction of sp³-hybridized carbons (Fsp3) is 0.429. The molecule has 5 nitrogen and oxygen atoms in total. The number of carbonyl (C=O) groups excluding carboxylic acids is 2. The number of amides is 2. The molecule has 1 saturated heterocycles. The molecule has 1 atom stereocenters. The van der Waals surface area contributed by atoms with Crippen LogP contribution in [0.2, 0.25) is 0 Å². The van der Waals surface area contributed by atoms with Gasteiger partial charge in [-0.3, -0.25) is 9.59 Å². The van der Waals surface area contributed by atoms with Crippen molar-refractivity contribution >= 4 is 11.8 Å². The first-order valence-corrected chi connectivity index (χ1v) is 6.28. The van der Waals surface area contributed by atoms with Crippen LogP contribution in [0.4, 0.5) is 0 Å². The minimum Gasteiger partial charge on any atom is -0.496 e. The van der Waals surface area contributed by atoms with Crippen molar-refractivity contribution in [1.82, 2.24) is 10.2 Å². The molecule has 19 heavy (non-hydrogen) atoms. The van der Waals surface area contributed by atoms with Crippen LogP contribution in [0.3, 0.4) is 0 Å². The molecule has 1 aromatic carbocycles. The van der Waals surface area contributed by atoms with Gasteiger partial charge in [0, 0.05) is 25.6 Å². The van der Waals surface area contributed by atoms with E-state index in [1.807, 2.05) is 24.3 Å². The summed E-state index contributed by atoms with van der Waals surface area (Å²) in [6, 6.07) is 7.19. The number of carbonyl (C=O) groups is 2. The van der Waals surface area contributed by atoms with Gasteiger partial charge in [0.05, 0.1) is 7.11 Å². The Labute approximate surface area is 112 Å². The van der Waals surface area contributed by atoms with E-state index >= 15 is 0 Å². The molecule has 0 bridgehead atoms. The summed E-state index contributed by atoms with van der Waals surface area (Å²) in [5.41, 5.74) is 0.922. The standard InChI is InChI=1S/C14H18N2O3/c1-16-11(7-8-13(16)17)14(18)15-9-10-5-3-4-6-12(10)19-2/h3-6,11H,7-9H2,1-2H3,(H,15,18). The molecule has 0 aromatic heterocycles. The predicted octanol–water partition coefficient (Wildman–Crippen LogP) is 0.932. The Kier molecular flexibility index (Phi) is 4.04. The van der Waals surface area contributed by atoms with Gasteiger partial charge >= 0.3 is 0 Å². The summed E-state index contributed by atoms with van der Waals surface area (Å²) in [6.45, 7) is 0.404. The van der Waals surface area contributed by atoms with E-state index in [0.29, 0.717) is 19.4 Å². The average Bonchev–Trinajstić information content (AvgIpc) is 2.77. The number of nitrogens with one attached hydrogen (secondary N) is 1. The summed E-state index contributed by atoms with van der Waals surface area (Å²) in [5.74, 6) is 0.662. The fourth-order valence-corrected chi connectivity index (χ4v) is 2.26. The number of para-hydroxylation sites is 1. The zero-order chi connectivity index (χ0) is 13.8. The fourth-order valence-electron chi connectivity index (χ4n) is 2.26. The molecule has 1 N–H and O–H groups in total. The first-order valence-electron chi connectivity index (χ1n) is 6.28. The van der Waals surface area contributed by atoms with Gasteiger partial charge in [0.2, 0.25) is 11.8 Å². The van der Waals surface area contributed by atoms with E-state index < -0.39 is 0 Å². The minimum absolute atomic E-state index is 0.0254. The second-order valence-electron chi connectivity index (χ2n) is 4.59. The van der Waals surface area contributed by atoms with Crippen molar-refractivity contribution in [2.45, 2.75) is 25.4 Å². The van der Waals surface area contributed by atoms with Crippen LogP contribution >= 0.6 is 0 Å². The van der Waals surface area contributed by atoms with Crippen LogP contribution in [0.15, 0.2) is 24.3 Å². The van der Waals surface area contributed by atoms with E-state index in [1.54, 1.807) is 14.2 Å². The number of likely N-dealkylation sites (tertiary alicyclic amines) is 1. The zero-order valence-corrected chi connectivity index (χ0v) is 11.2. The van der Waals surface area contributed by atoms with E-state index in [0.717, 1.165) is 11.3 Å². The van der Waals surface area contributed by atoms with E-state index in [2.05, 4.69) is 5.32 Å². The number of hydrogen-bond acceptors (Lipinski definition) is 3. The van der Waals surface area contributed by atoms with Crippen molar-refractivity contribution in [2.24, 2.45) is 0 Å². The van der Waals surface area contributed by atoms with Crippen LogP contribution in [0.25, 0.3) is 0 Å². The molecule has 102 valence electrons. The minimum atomic E-state index is -0.345. The van der Waals surface area contributed by atoms with Crippen molar-refractivity contribution in [2.75, 3.05) is 14.2 Å². The number of nitrogens with zero attached hydrogens (tertiary/aromatic N) is 1. The molecule has 1 aromatic rings. The zero-order valence-electron chi connectivity index (χ0n) is 11.2. The van der Waals surface area contributed by atoms with E-state index in [1.165, 1.54) is 4.90 Å². The van der Waals surface area contributed by atoms with Gasteiger partial charge in [-0.15, -0.1) is 0 Å². The maximum Gasteiger partial charge on any atom is 0.243 e. The highest BCUT2D eigenvalue weighted by molar-refractivity contribution is 5.90. The SMILES string of the molecule is COc1ccccc1CNC(=O)C1CCC(=O)N1C. The van der Waals surface area contributed by atoms with Crippen LogP contribution in [0.1, 0.15) is 18.4 Å². The van der Waals surface area contributed by atoms with E-state index in [-0.39, 0.29) is 17.9 Å². The van der Waals surface area contributed by atoms with Crippen molar-refractivity contribution in [3.63, 3.8) is 0 Å². The summed E-state index contributed by atoms with van der Waals surface area (Å²) < 4.78 is 5.23. The highest BCUT2D eigenvalue weighted by Crippen LogP contribution is 2.19. The van der Waals surface area contributed by atoms with Gasteiger partial charge in [-0.1, -0.05) is 18.2 Å². The third-order valence-electron chi connectivity index (χ3n) is 3.44. The maximum absolute atomic E-state index is 12.0. The first-order chi connectivity index (χ1) is 9.13. The van der Waals surface area contributed by atoms with Crippen molar-refractivity contribution in [3.05, 3.63) is 29.8 Å². The lowest BCUT2D eigenvalue weighted by molar-refractivity contribution is -0.133. The van der Waals surface area contributed by atoms with Crippen LogP contribution in [-0.4, -0.2) is 36.9 Å². The van der Waals surface area contributed by atoms with E-state index in [9.17, 15) is 9.59 Å². The Bertz CT molecular complexity index is 487. The van der Waals surface area contributed by atoms with Gasteiger partial charge in [0.25, 0.3) is 0 Å². The molecule has 1 aliphatic rings. The Balaban J connectivity index is 1.95. The lowest BCUT2D eigenvalue weighted by Crippen LogP contribution is -2.42. The number of hydrogen-bond donors (Lipinski definition) is 1. The topological polar surface area (TPSA) is 58.6 Å². The number of rotatable bonds is 4. The number of methoxy groups -OCH3 is 1. The molecule has 2 amide bonds. The normalized spacial score (nSPS) is 18.5. The lowest BCUT2D eigenvalue weighted by atomic mass is 10.1. The van der Waals surface area contributed by atoms with Crippen molar-refractivity contribution in [1.29, 1.82) is 0 Å². The summed E-state index contributed by atoms with van der Waals surface area (Å²) in [7, 11) is 3.27. The molecule has 0 aliphatic carbocycles. The Morgan fingerprint density at radius 1 is 1.47 bits per heavy atom. The Hall–Kier alpha value is -2.04. The molecule has 1 unspecified atom stereocenters. The second kappa shape index (κ2) is 5.73. The third-order valence-corrected chi connectivity index (χ3v) is 3.44. The van der Waals surface area contributed by atoms with Gasteiger partial charge in [-0.25, -0.2) is 0 Å². The van der Waals surface area contributed by atoms with Gasteiger partial charge in [-0.05, 0) is 12.5 Å². The first kappa shape index (κ1) is 13.4. The van der Waals surface area contributed by atoms with Gasteiger partial charge in [-0.2, -0.15) is 0 Å². The molecule has 1 heterocycles. The molecule has 0 saturated carbocycles. The molecule has 1 aliphatic heterocycles. The van der Waals surface area contributed by atoms with Gasteiger partial charge in [0.1, 0.15) is 11.8 Å². The summed E-state index contributed by atoms with van der Waals surface area (Å²) in [4.78, 5) is 24.9. The third kappa shape index (κ3) is 2.86. The maximum atomic E-state index is 12.0. The molecule has 2 rings (SSSR count). The Morgan fingerprint density at radius 2 is 2.21 bits per heavy atom. The number of ether oxygens (including phenoxy) is 1. The number of likely N-dealkylation sites (N-methyl/N-ethyl adjacent to an activating group) is 1. The van der Waals surface area contributed by atoms with Crippen LogP contribution in [-0.2, 0) is 16.1 Å². The molecule has 5 heteroatoms. The summed E-state index contributed by atoms with van der Waals surface area (Å²) in [6.07, 6.45) is 1.04. The van der Waals surface area contributed by atoms with Crippen LogP contribution in [0.5, 0.6) is 5.75 Å². The average molecular weight is 262 g/mol. The van der Waals surface area contributed by atoms with Crippen LogP contribution in [0, 0.1) is 0 Å². The summed E-state index contributed by atoms with van der Waals surface area (Å²) in [5, 5.41) is 2.85. The largest absolute Gasteiger partial charge is 0.496 e.